The van der Waals surface area contributed by atoms with E-state index in [0.717, 1.165) is 27.4 Å². The summed E-state index contributed by atoms with van der Waals surface area (Å²) in [5.74, 6) is 0.0799. The second kappa shape index (κ2) is 10.8. The molecule has 0 bridgehead atoms. The first-order valence-electron chi connectivity index (χ1n) is 13.9. The maximum atomic E-state index is 13.4. The number of carbonyl (C=O) groups excluding carboxylic acids is 1. The standard InChI is InChI=1S/C35H26N4O4/c40-35(34-17-16-33(43-34)23-9-7-10-24(18-23)39(41)42)38-30-13-4-1-8-22(30)19-27(28-20-36-31-14-5-2-11-25(28)31)29-21-37-32-15-6-3-12-26(29)32/h1-18,20-21,27,36-37H,19H2,(H,38,40). The Morgan fingerprint density at radius 1 is 0.791 bits per heavy atom. The van der Waals surface area contributed by atoms with Gasteiger partial charge in [-0.3, -0.25) is 14.9 Å². The monoisotopic (exact) mass is 566 g/mol. The van der Waals surface area contributed by atoms with Gasteiger partial charge >= 0.3 is 0 Å². The first-order valence-corrected chi connectivity index (χ1v) is 13.9. The molecule has 43 heavy (non-hydrogen) atoms. The number of benzene rings is 4. The van der Waals surface area contributed by atoms with E-state index in [-0.39, 0.29) is 17.4 Å². The molecule has 0 aliphatic heterocycles. The average Bonchev–Trinajstić information content (AvgIpc) is 3.80. The SMILES string of the molecule is O=C(Nc1ccccc1CC(c1c[nH]c2ccccc12)c1c[nH]c2ccccc12)c1ccc(-c2cccc([N+](=O)[O-])c2)o1. The number of carbonyl (C=O) groups is 1. The summed E-state index contributed by atoms with van der Waals surface area (Å²) in [6.07, 6.45) is 4.80. The van der Waals surface area contributed by atoms with Crippen molar-refractivity contribution in [3.8, 4) is 11.3 Å². The van der Waals surface area contributed by atoms with Gasteiger partial charge in [0.1, 0.15) is 5.76 Å². The molecule has 0 atom stereocenters. The highest BCUT2D eigenvalue weighted by molar-refractivity contribution is 6.03. The number of aromatic nitrogens is 2. The van der Waals surface area contributed by atoms with Crippen LogP contribution in [-0.4, -0.2) is 20.8 Å². The van der Waals surface area contributed by atoms with Gasteiger partial charge in [-0.05, 0) is 53.4 Å². The molecule has 0 saturated heterocycles. The van der Waals surface area contributed by atoms with Gasteiger partial charge in [-0.15, -0.1) is 0 Å². The van der Waals surface area contributed by atoms with Crippen molar-refractivity contribution in [2.45, 2.75) is 12.3 Å². The molecule has 7 aromatic rings. The number of fused-ring (bicyclic) bond motifs is 2. The Labute approximate surface area is 246 Å². The molecule has 0 radical (unpaired) electrons. The zero-order valence-corrected chi connectivity index (χ0v) is 22.9. The Hall–Kier alpha value is -5.89. The molecule has 0 unspecified atom stereocenters. The molecule has 0 aliphatic carbocycles. The smallest absolute Gasteiger partial charge is 0.291 e. The Balaban J connectivity index is 1.21. The van der Waals surface area contributed by atoms with Crippen molar-refractivity contribution in [2.24, 2.45) is 0 Å². The number of para-hydroxylation sites is 3. The van der Waals surface area contributed by atoms with Gasteiger partial charge in [0.15, 0.2) is 5.76 Å². The maximum absolute atomic E-state index is 13.4. The minimum atomic E-state index is -0.461. The molecular formula is C35H26N4O4. The molecule has 210 valence electrons. The number of amides is 1. The van der Waals surface area contributed by atoms with Gasteiger partial charge in [0, 0.05) is 63.5 Å². The number of furan rings is 1. The van der Waals surface area contributed by atoms with E-state index in [1.807, 2.05) is 48.5 Å². The van der Waals surface area contributed by atoms with Crippen molar-refractivity contribution in [3.05, 3.63) is 154 Å². The minimum absolute atomic E-state index is 0.00515. The van der Waals surface area contributed by atoms with Crippen LogP contribution in [0.4, 0.5) is 11.4 Å². The minimum Gasteiger partial charge on any atom is -0.451 e. The molecule has 1 amide bonds. The summed E-state index contributed by atoms with van der Waals surface area (Å²) in [6, 6.07) is 33.7. The zero-order chi connectivity index (χ0) is 29.3. The topological polar surface area (TPSA) is 117 Å². The molecular weight excluding hydrogens is 540 g/mol. The fourth-order valence-electron chi connectivity index (χ4n) is 5.76. The summed E-state index contributed by atoms with van der Waals surface area (Å²) >= 11 is 0. The third-order valence-electron chi connectivity index (χ3n) is 7.85. The molecule has 3 heterocycles. The molecule has 8 heteroatoms. The van der Waals surface area contributed by atoms with E-state index in [2.05, 4.69) is 51.9 Å². The van der Waals surface area contributed by atoms with Crippen molar-refractivity contribution >= 4 is 39.1 Å². The number of H-pyrrole nitrogens is 2. The van der Waals surface area contributed by atoms with E-state index in [1.165, 1.54) is 23.3 Å². The number of nitro groups is 1. The van der Waals surface area contributed by atoms with E-state index in [4.69, 9.17) is 4.42 Å². The highest BCUT2D eigenvalue weighted by Gasteiger charge is 2.24. The molecule has 4 aromatic carbocycles. The number of nitrogens with zero attached hydrogens (tertiary/aromatic N) is 1. The van der Waals surface area contributed by atoms with E-state index in [0.29, 0.717) is 23.4 Å². The second-order valence-electron chi connectivity index (χ2n) is 10.4. The number of hydrogen-bond donors (Lipinski definition) is 3. The number of hydrogen-bond acceptors (Lipinski definition) is 4. The van der Waals surface area contributed by atoms with E-state index < -0.39 is 10.8 Å². The van der Waals surface area contributed by atoms with E-state index >= 15 is 0 Å². The van der Waals surface area contributed by atoms with Gasteiger partial charge < -0.3 is 19.7 Å². The number of non-ortho nitro benzene ring substituents is 1. The fraction of sp³-hybridized carbons (Fsp3) is 0.0571. The van der Waals surface area contributed by atoms with Crippen LogP contribution >= 0.6 is 0 Å². The molecule has 0 saturated carbocycles. The highest BCUT2D eigenvalue weighted by Crippen LogP contribution is 2.38. The van der Waals surface area contributed by atoms with Crippen LogP contribution in [0.3, 0.4) is 0 Å². The molecule has 8 nitrogen and oxygen atoms in total. The van der Waals surface area contributed by atoms with Gasteiger partial charge in [-0.25, -0.2) is 0 Å². The van der Waals surface area contributed by atoms with Crippen LogP contribution < -0.4 is 5.32 Å². The first kappa shape index (κ1) is 26.0. The highest BCUT2D eigenvalue weighted by atomic mass is 16.6. The maximum Gasteiger partial charge on any atom is 0.291 e. The quantitative estimate of drug-likeness (QED) is 0.126. The van der Waals surface area contributed by atoms with E-state index in [1.54, 1.807) is 24.3 Å². The summed E-state index contributed by atoms with van der Waals surface area (Å²) in [5, 5.41) is 16.5. The van der Waals surface area contributed by atoms with Gasteiger partial charge in [-0.1, -0.05) is 66.7 Å². The summed E-state index contributed by atoms with van der Waals surface area (Å²) < 4.78 is 5.83. The summed E-state index contributed by atoms with van der Waals surface area (Å²) in [4.78, 5) is 30.9. The van der Waals surface area contributed by atoms with Crippen LogP contribution in [0, 0.1) is 10.1 Å². The summed E-state index contributed by atoms with van der Waals surface area (Å²) in [5.41, 5.74) is 6.63. The first-order chi connectivity index (χ1) is 21.0. The van der Waals surface area contributed by atoms with Gasteiger partial charge in [0.25, 0.3) is 11.6 Å². The van der Waals surface area contributed by atoms with E-state index in [9.17, 15) is 14.9 Å². The lowest BCUT2D eigenvalue weighted by molar-refractivity contribution is -0.384. The average molecular weight is 567 g/mol. The van der Waals surface area contributed by atoms with Crippen LogP contribution in [0.15, 0.2) is 126 Å². The third kappa shape index (κ3) is 4.95. The number of aromatic amines is 2. The molecule has 3 aromatic heterocycles. The van der Waals surface area contributed by atoms with Gasteiger partial charge in [0.2, 0.25) is 0 Å². The normalized spacial score (nSPS) is 11.4. The fourth-order valence-corrected chi connectivity index (χ4v) is 5.76. The predicted octanol–water partition coefficient (Wildman–Crippen LogP) is 8.44. The van der Waals surface area contributed by atoms with Crippen molar-refractivity contribution in [2.75, 3.05) is 5.32 Å². The molecule has 7 rings (SSSR count). The Bertz CT molecular complexity index is 2050. The zero-order valence-electron chi connectivity index (χ0n) is 22.9. The molecule has 0 spiro atoms. The Morgan fingerprint density at radius 2 is 1.44 bits per heavy atom. The van der Waals surface area contributed by atoms with Crippen LogP contribution in [0.25, 0.3) is 33.1 Å². The third-order valence-corrected chi connectivity index (χ3v) is 7.85. The van der Waals surface area contributed by atoms with Crippen LogP contribution in [0.2, 0.25) is 0 Å². The van der Waals surface area contributed by atoms with Crippen LogP contribution in [0.1, 0.15) is 33.2 Å². The number of rotatable bonds is 8. The largest absolute Gasteiger partial charge is 0.451 e. The predicted molar refractivity (Wildman–Crippen MR) is 167 cm³/mol. The lowest BCUT2D eigenvalue weighted by Gasteiger charge is -2.19. The van der Waals surface area contributed by atoms with Gasteiger partial charge in [0.05, 0.1) is 4.92 Å². The van der Waals surface area contributed by atoms with Crippen molar-refractivity contribution in [3.63, 3.8) is 0 Å². The van der Waals surface area contributed by atoms with Crippen LogP contribution in [-0.2, 0) is 6.42 Å². The molecule has 0 aliphatic rings. The van der Waals surface area contributed by atoms with Crippen molar-refractivity contribution in [1.82, 2.24) is 9.97 Å². The molecule has 3 N–H and O–H groups in total. The second-order valence-corrected chi connectivity index (χ2v) is 10.4. The lowest BCUT2D eigenvalue weighted by Crippen LogP contribution is -2.14. The Kier molecular flexibility index (Phi) is 6.56. The summed E-state index contributed by atoms with van der Waals surface area (Å²) in [7, 11) is 0. The number of anilines is 1. The Morgan fingerprint density at radius 3 is 2.14 bits per heavy atom. The number of nitrogens with one attached hydrogen (secondary N) is 3. The van der Waals surface area contributed by atoms with Crippen molar-refractivity contribution < 1.29 is 14.1 Å². The molecule has 0 fully saturated rings. The summed E-state index contributed by atoms with van der Waals surface area (Å²) in [6.45, 7) is 0. The van der Waals surface area contributed by atoms with Crippen LogP contribution in [0.5, 0.6) is 0 Å². The lowest BCUT2D eigenvalue weighted by atomic mass is 9.85. The van der Waals surface area contributed by atoms with Gasteiger partial charge in [-0.2, -0.15) is 0 Å². The number of nitro benzene ring substituents is 1. The van der Waals surface area contributed by atoms with Crippen molar-refractivity contribution in [1.29, 1.82) is 0 Å².